The molecule has 3 heterocycles. The number of piperidine rings is 1. The van der Waals surface area contributed by atoms with Crippen molar-refractivity contribution >= 4 is 18.3 Å². The van der Waals surface area contributed by atoms with Crippen LogP contribution in [0.2, 0.25) is 0 Å². The number of ether oxygens (including phenoxy) is 1. The van der Waals surface area contributed by atoms with Crippen molar-refractivity contribution in [3.63, 3.8) is 0 Å². The summed E-state index contributed by atoms with van der Waals surface area (Å²) in [5.41, 5.74) is -0.0942. The Morgan fingerprint density at radius 1 is 1.18 bits per heavy atom. The second-order valence-corrected chi connectivity index (χ2v) is 8.83. The fourth-order valence-electron chi connectivity index (χ4n) is 4.67. The van der Waals surface area contributed by atoms with E-state index in [-0.39, 0.29) is 24.1 Å². The molecule has 9 heteroatoms. The summed E-state index contributed by atoms with van der Waals surface area (Å²) in [6.45, 7) is 5.36. The minimum Gasteiger partial charge on any atom is -0.368 e. The van der Waals surface area contributed by atoms with Gasteiger partial charge in [-0.15, -0.1) is 12.4 Å². The van der Waals surface area contributed by atoms with E-state index in [1.165, 1.54) is 11.8 Å². The van der Waals surface area contributed by atoms with E-state index in [1.54, 1.807) is 4.90 Å². The number of carbonyl (C=O) groups is 1. The number of hydrogen-bond donors (Lipinski definition) is 0. The molecule has 1 spiro atoms. The Kier molecular flexibility index (Phi) is 8.03. The number of likely N-dealkylation sites (tertiary alicyclic amines) is 1. The number of benzene rings is 1. The van der Waals surface area contributed by atoms with E-state index in [4.69, 9.17) is 4.74 Å². The first-order valence-electron chi connectivity index (χ1n) is 11.0. The molecule has 0 saturated carbocycles. The third-order valence-electron chi connectivity index (χ3n) is 6.33. The molecule has 1 aromatic carbocycles. The highest BCUT2D eigenvalue weighted by atomic mass is 35.5. The van der Waals surface area contributed by atoms with Crippen molar-refractivity contribution in [1.82, 2.24) is 14.8 Å². The molecule has 1 atom stereocenters. The molecule has 2 saturated heterocycles. The number of nitrogens with zero attached hydrogens (tertiary/aromatic N) is 3. The van der Waals surface area contributed by atoms with Crippen LogP contribution in [0.1, 0.15) is 41.3 Å². The highest BCUT2D eigenvalue weighted by Gasteiger charge is 2.43. The van der Waals surface area contributed by atoms with Crippen LogP contribution in [-0.4, -0.2) is 65.1 Å². The summed E-state index contributed by atoms with van der Waals surface area (Å²) in [4.78, 5) is 20.7. The highest BCUT2D eigenvalue weighted by Crippen LogP contribution is 2.34. The second-order valence-electron chi connectivity index (χ2n) is 8.83. The summed E-state index contributed by atoms with van der Waals surface area (Å²) in [5, 5.41) is 0. The number of pyridine rings is 1. The molecular formula is C24H29ClF3N3O2. The molecule has 180 valence electrons. The number of aromatic nitrogens is 1. The van der Waals surface area contributed by atoms with Gasteiger partial charge in [-0.3, -0.25) is 9.78 Å². The summed E-state index contributed by atoms with van der Waals surface area (Å²) in [6.07, 6.45) is -0.203. The molecular weight excluding hydrogens is 455 g/mol. The maximum atomic E-state index is 13.0. The van der Waals surface area contributed by atoms with Crippen molar-refractivity contribution in [1.29, 1.82) is 0 Å². The molecule has 0 radical (unpaired) electrons. The van der Waals surface area contributed by atoms with Crippen LogP contribution < -0.4 is 0 Å². The normalized spacial score (nSPS) is 21.0. The van der Waals surface area contributed by atoms with Gasteiger partial charge < -0.3 is 14.5 Å². The zero-order chi connectivity index (χ0) is 22.8. The molecule has 1 amide bonds. The summed E-state index contributed by atoms with van der Waals surface area (Å²) in [5.74, 6) is -0.426. The lowest BCUT2D eigenvalue weighted by molar-refractivity contribution is -0.161. The number of hydrogen-bond acceptors (Lipinski definition) is 4. The predicted octanol–water partition coefficient (Wildman–Crippen LogP) is 4.46. The van der Waals surface area contributed by atoms with E-state index >= 15 is 0 Å². The maximum Gasteiger partial charge on any atom is 0.417 e. The molecule has 0 aliphatic carbocycles. The van der Waals surface area contributed by atoms with Crippen molar-refractivity contribution in [3.05, 3.63) is 65.5 Å². The van der Waals surface area contributed by atoms with E-state index in [2.05, 4.69) is 22.0 Å². The van der Waals surface area contributed by atoms with Crippen LogP contribution in [0.15, 0.2) is 48.8 Å². The van der Waals surface area contributed by atoms with Crippen LogP contribution in [0.4, 0.5) is 13.2 Å². The summed E-state index contributed by atoms with van der Waals surface area (Å²) >= 11 is 0. The monoisotopic (exact) mass is 483 g/mol. The van der Waals surface area contributed by atoms with E-state index in [0.29, 0.717) is 13.1 Å². The fourth-order valence-corrected chi connectivity index (χ4v) is 4.67. The Bertz CT molecular complexity index is 934. The number of amides is 1. The van der Waals surface area contributed by atoms with Crippen LogP contribution in [0.25, 0.3) is 0 Å². The third-order valence-corrected chi connectivity index (χ3v) is 6.33. The topological polar surface area (TPSA) is 45.7 Å². The molecule has 2 aliphatic heterocycles. The number of carbonyl (C=O) groups excluding carboxylic acids is 1. The first kappa shape index (κ1) is 25.5. The summed E-state index contributed by atoms with van der Waals surface area (Å²) < 4.78 is 45.4. The van der Waals surface area contributed by atoms with E-state index in [0.717, 1.165) is 51.2 Å². The Labute approximate surface area is 198 Å². The van der Waals surface area contributed by atoms with Gasteiger partial charge in [-0.2, -0.15) is 13.2 Å². The van der Waals surface area contributed by atoms with Crippen molar-refractivity contribution in [2.75, 3.05) is 32.7 Å². The molecule has 1 unspecified atom stereocenters. The van der Waals surface area contributed by atoms with Crippen LogP contribution in [0.3, 0.4) is 0 Å². The van der Waals surface area contributed by atoms with Gasteiger partial charge in [0.1, 0.15) is 0 Å². The first-order chi connectivity index (χ1) is 15.2. The predicted molar refractivity (Wildman–Crippen MR) is 121 cm³/mol. The van der Waals surface area contributed by atoms with Crippen molar-refractivity contribution in [2.45, 2.75) is 44.1 Å². The minimum atomic E-state index is -4.53. The number of halogens is 4. The Morgan fingerprint density at radius 3 is 2.55 bits per heavy atom. The fraction of sp³-hybridized carbons (Fsp3) is 0.500. The zero-order valence-corrected chi connectivity index (χ0v) is 19.4. The zero-order valence-electron chi connectivity index (χ0n) is 18.6. The summed E-state index contributed by atoms with van der Waals surface area (Å²) in [7, 11) is 0. The third kappa shape index (κ3) is 6.25. The second kappa shape index (κ2) is 10.4. The van der Waals surface area contributed by atoms with E-state index < -0.39 is 23.2 Å². The molecule has 33 heavy (non-hydrogen) atoms. The van der Waals surface area contributed by atoms with Gasteiger partial charge >= 0.3 is 6.18 Å². The lowest BCUT2D eigenvalue weighted by atomic mass is 9.88. The molecule has 0 N–H and O–H groups in total. The largest absolute Gasteiger partial charge is 0.417 e. The van der Waals surface area contributed by atoms with Gasteiger partial charge in [-0.05, 0) is 37.8 Å². The average molecular weight is 484 g/mol. The van der Waals surface area contributed by atoms with Crippen LogP contribution in [0, 0.1) is 0 Å². The molecule has 5 nitrogen and oxygen atoms in total. The maximum absolute atomic E-state index is 13.0. The number of morpholine rings is 1. The number of rotatable bonds is 4. The molecule has 0 bridgehead atoms. The van der Waals surface area contributed by atoms with Crippen LogP contribution in [0.5, 0.6) is 0 Å². The molecule has 4 rings (SSSR count). The minimum absolute atomic E-state index is 0. The van der Waals surface area contributed by atoms with E-state index in [9.17, 15) is 18.0 Å². The number of alkyl halides is 3. The lowest BCUT2D eigenvalue weighted by Crippen LogP contribution is -2.60. The van der Waals surface area contributed by atoms with Crippen molar-refractivity contribution in [2.24, 2.45) is 0 Å². The summed E-state index contributed by atoms with van der Waals surface area (Å²) in [6, 6.07) is 11.2. The van der Waals surface area contributed by atoms with Crippen LogP contribution >= 0.6 is 12.4 Å². The molecule has 2 aromatic rings. The van der Waals surface area contributed by atoms with Gasteiger partial charge in [-0.25, -0.2) is 0 Å². The van der Waals surface area contributed by atoms with Crippen molar-refractivity contribution in [3.8, 4) is 0 Å². The molecule has 2 aliphatic rings. The quantitative estimate of drug-likeness (QED) is 0.644. The van der Waals surface area contributed by atoms with Gasteiger partial charge in [0.25, 0.3) is 5.91 Å². The first-order valence-corrected chi connectivity index (χ1v) is 11.0. The van der Waals surface area contributed by atoms with Gasteiger partial charge in [-0.1, -0.05) is 30.3 Å². The van der Waals surface area contributed by atoms with Crippen molar-refractivity contribution < 1.29 is 22.7 Å². The van der Waals surface area contributed by atoms with Gasteiger partial charge in [0, 0.05) is 38.6 Å². The molecule has 2 fully saturated rings. The van der Waals surface area contributed by atoms with Gasteiger partial charge in [0.2, 0.25) is 0 Å². The average Bonchev–Trinajstić information content (AvgIpc) is 2.78. The van der Waals surface area contributed by atoms with E-state index in [1.807, 2.05) is 25.1 Å². The Hall–Kier alpha value is -2.16. The Morgan fingerprint density at radius 2 is 1.88 bits per heavy atom. The van der Waals surface area contributed by atoms with Gasteiger partial charge in [0.15, 0.2) is 0 Å². The highest BCUT2D eigenvalue weighted by molar-refractivity contribution is 5.94. The van der Waals surface area contributed by atoms with Gasteiger partial charge in [0.05, 0.1) is 29.4 Å². The lowest BCUT2D eigenvalue weighted by Gasteiger charge is -2.49. The smallest absolute Gasteiger partial charge is 0.368 e. The Balaban J connectivity index is 0.00000306. The molecule has 1 aromatic heterocycles. The van der Waals surface area contributed by atoms with Crippen LogP contribution in [-0.2, 0) is 17.3 Å². The standard InChI is InChI=1S/C24H28F3N3O2.ClH/c1-18-16-30(22(31)20-13-21(15-28-14-20)24(25,26)27)17-23(32-18)8-11-29(12-9-23)10-7-19-5-3-2-4-6-19;/h2-6,13-15,18H,7-12,16-17H2,1H3;1H. The SMILES string of the molecule is CC1CN(C(=O)c2cncc(C(F)(F)F)c2)CC2(CCN(CCc3ccccc3)CC2)O1.Cl.